The molecular formula is C17H25N3O2. The van der Waals surface area contributed by atoms with E-state index in [0.29, 0.717) is 24.4 Å². The van der Waals surface area contributed by atoms with Gasteiger partial charge in [-0.05, 0) is 45.7 Å². The van der Waals surface area contributed by atoms with Gasteiger partial charge in [0, 0.05) is 6.04 Å². The second kappa shape index (κ2) is 6.24. The highest BCUT2D eigenvalue weighted by atomic mass is 16.4. The molecule has 0 aliphatic heterocycles. The van der Waals surface area contributed by atoms with Crippen LogP contribution in [0.5, 0.6) is 0 Å². The normalized spacial score (nSPS) is 22.4. The Hall–Kier alpha value is -1.62. The van der Waals surface area contributed by atoms with Crippen molar-refractivity contribution in [2.75, 3.05) is 7.05 Å². The fourth-order valence-corrected chi connectivity index (χ4v) is 3.55. The first-order chi connectivity index (χ1) is 10.5. The molecule has 0 spiro atoms. The minimum Gasteiger partial charge on any atom is -0.466 e. The highest BCUT2D eigenvalue weighted by molar-refractivity contribution is 5.55. The third-order valence-corrected chi connectivity index (χ3v) is 4.76. The van der Waals surface area contributed by atoms with Crippen LogP contribution < -0.4 is 0 Å². The molecular weight excluding hydrogens is 278 g/mol. The van der Waals surface area contributed by atoms with E-state index in [9.17, 15) is 0 Å². The minimum atomic E-state index is 0.550. The van der Waals surface area contributed by atoms with E-state index in [1.54, 1.807) is 0 Å². The van der Waals surface area contributed by atoms with Gasteiger partial charge in [-0.2, -0.15) is 0 Å². The molecule has 0 amide bonds. The topological polar surface area (TPSA) is 55.3 Å². The van der Waals surface area contributed by atoms with Crippen molar-refractivity contribution in [1.82, 2.24) is 15.1 Å². The van der Waals surface area contributed by atoms with E-state index in [1.165, 1.54) is 25.7 Å². The van der Waals surface area contributed by atoms with Gasteiger partial charge in [0.1, 0.15) is 11.5 Å². The van der Waals surface area contributed by atoms with Crippen LogP contribution in [-0.4, -0.2) is 28.2 Å². The molecule has 1 aliphatic rings. The van der Waals surface area contributed by atoms with Crippen LogP contribution in [0.1, 0.15) is 50.0 Å². The first-order valence-corrected chi connectivity index (χ1v) is 8.14. The third-order valence-electron chi connectivity index (χ3n) is 4.76. The molecule has 5 nitrogen and oxygen atoms in total. The average molecular weight is 303 g/mol. The molecule has 0 unspecified atom stereocenters. The van der Waals surface area contributed by atoms with Crippen molar-refractivity contribution in [3.8, 4) is 11.5 Å². The van der Waals surface area contributed by atoms with E-state index in [4.69, 9.17) is 8.83 Å². The summed E-state index contributed by atoms with van der Waals surface area (Å²) < 4.78 is 11.4. The van der Waals surface area contributed by atoms with E-state index in [-0.39, 0.29) is 0 Å². The quantitative estimate of drug-likeness (QED) is 0.855. The predicted molar refractivity (Wildman–Crippen MR) is 84.4 cm³/mol. The Labute approximate surface area is 131 Å². The summed E-state index contributed by atoms with van der Waals surface area (Å²) in [6.45, 7) is 6.89. The van der Waals surface area contributed by atoms with Crippen LogP contribution in [0.4, 0.5) is 0 Å². The summed E-state index contributed by atoms with van der Waals surface area (Å²) >= 11 is 0. The number of furan rings is 1. The highest BCUT2D eigenvalue weighted by Gasteiger charge is 2.26. The Morgan fingerprint density at radius 2 is 1.95 bits per heavy atom. The Kier molecular flexibility index (Phi) is 4.34. The largest absolute Gasteiger partial charge is 0.466 e. The van der Waals surface area contributed by atoms with E-state index in [2.05, 4.69) is 29.1 Å². The van der Waals surface area contributed by atoms with Gasteiger partial charge >= 0.3 is 0 Å². The van der Waals surface area contributed by atoms with E-state index in [1.807, 2.05) is 19.9 Å². The number of aromatic nitrogens is 2. The summed E-state index contributed by atoms with van der Waals surface area (Å²) in [5.41, 5.74) is 0.893. The maximum atomic E-state index is 5.84. The summed E-state index contributed by atoms with van der Waals surface area (Å²) in [6, 6.07) is 2.56. The standard InChI is InChI=1S/C17H25N3O2/c1-11-7-5-6-8-15(11)20(4)10-16-18-19-17(22-16)14-9-12(2)21-13(14)3/h9,11,15H,5-8,10H2,1-4H3/t11-,15-/m1/s1. The van der Waals surface area contributed by atoms with Crippen molar-refractivity contribution in [3.63, 3.8) is 0 Å². The zero-order valence-corrected chi connectivity index (χ0v) is 13.9. The van der Waals surface area contributed by atoms with Crippen molar-refractivity contribution in [3.05, 3.63) is 23.5 Å². The number of nitrogens with zero attached hydrogens (tertiary/aromatic N) is 3. The second-order valence-electron chi connectivity index (χ2n) is 6.57. The Morgan fingerprint density at radius 1 is 1.18 bits per heavy atom. The van der Waals surface area contributed by atoms with Crippen LogP contribution in [0.25, 0.3) is 11.5 Å². The maximum Gasteiger partial charge on any atom is 0.251 e. The van der Waals surface area contributed by atoms with Crippen LogP contribution in [0.15, 0.2) is 14.9 Å². The fraction of sp³-hybridized carbons (Fsp3) is 0.647. The van der Waals surface area contributed by atoms with E-state index < -0.39 is 0 Å². The van der Waals surface area contributed by atoms with Gasteiger partial charge < -0.3 is 8.83 Å². The van der Waals surface area contributed by atoms with Gasteiger partial charge in [-0.15, -0.1) is 10.2 Å². The third kappa shape index (κ3) is 3.09. The first-order valence-electron chi connectivity index (χ1n) is 8.14. The summed E-state index contributed by atoms with van der Waals surface area (Å²) in [4.78, 5) is 2.36. The van der Waals surface area contributed by atoms with Crippen LogP contribution in [-0.2, 0) is 6.54 Å². The smallest absolute Gasteiger partial charge is 0.251 e. The predicted octanol–water partition coefficient (Wildman–Crippen LogP) is 3.96. The molecule has 1 aliphatic carbocycles. The molecule has 0 radical (unpaired) electrons. The number of aryl methyl sites for hydroxylation is 2. The van der Waals surface area contributed by atoms with Crippen LogP contribution in [0, 0.1) is 19.8 Å². The monoisotopic (exact) mass is 303 g/mol. The number of rotatable bonds is 4. The van der Waals surface area contributed by atoms with Gasteiger partial charge in [0.05, 0.1) is 12.1 Å². The van der Waals surface area contributed by atoms with Crippen molar-refractivity contribution >= 4 is 0 Å². The summed E-state index contributed by atoms with van der Waals surface area (Å²) in [6.07, 6.45) is 5.26. The Morgan fingerprint density at radius 3 is 2.64 bits per heavy atom. The fourth-order valence-electron chi connectivity index (χ4n) is 3.55. The van der Waals surface area contributed by atoms with Crippen LogP contribution >= 0.6 is 0 Å². The summed E-state index contributed by atoms with van der Waals surface area (Å²) in [5.74, 6) is 3.64. The van der Waals surface area contributed by atoms with Crippen molar-refractivity contribution < 1.29 is 8.83 Å². The first kappa shape index (κ1) is 15.3. The Bertz CT molecular complexity index is 632. The van der Waals surface area contributed by atoms with Crippen molar-refractivity contribution in [2.24, 2.45) is 5.92 Å². The van der Waals surface area contributed by atoms with Crippen molar-refractivity contribution in [1.29, 1.82) is 0 Å². The molecule has 1 saturated carbocycles. The lowest BCUT2D eigenvalue weighted by Gasteiger charge is -2.35. The lowest BCUT2D eigenvalue weighted by atomic mass is 9.85. The molecule has 120 valence electrons. The van der Waals surface area contributed by atoms with Gasteiger partial charge in [-0.25, -0.2) is 0 Å². The van der Waals surface area contributed by atoms with Crippen LogP contribution in [0.2, 0.25) is 0 Å². The van der Waals surface area contributed by atoms with Gasteiger partial charge in [-0.1, -0.05) is 19.8 Å². The maximum absolute atomic E-state index is 5.84. The van der Waals surface area contributed by atoms with Crippen molar-refractivity contribution in [2.45, 2.75) is 59.0 Å². The molecule has 5 heteroatoms. The van der Waals surface area contributed by atoms with Gasteiger partial charge in [0.15, 0.2) is 0 Å². The average Bonchev–Trinajstić information content (AvgIpc) is 3.05. The Balaban J connectivity index is 1.70. The zero-order valence-electron chi connectivity index (χ0n) is 13.9. The molecule has 2 atom stereocenters. The molecule has 2 heterocycles. The lowest BCUT2D eigenvalue weighted by Crippen LogP contribution is -2.38. The molecule has 0 aromatic carbocycles. The summed E-state index contributed by atoms with van der Waals surface area (Å²) in [5, 5.41) is 8.38. The second-order valence-corrected chi connectivity index (χ2v) is 6.57. The lowest BCUT2D eigenvalue weighted by molar-refractivity contribution is 0.124. The van der Waals surface area contributed by atoms with Gasteiger partial charge in [-0.3, -0.25) is 4.90 Å². The minimum absolute atomic E-state index is 0.550. The molecule has 1 fully saturated rings. The molecule has 22 heavy (non-hydrogen) atoms. The van der Waals surface area contributed by atoms with Gasteiger partial charge in [0.25, 0.3) is 5.89 Å². The molecule has 0 bridgehead atoms. The molecule has 3 rings (SSSR count). The molecule has 2 aromatic heterocycles. The van der Waals surface area contributed by atoms with Crippen LogP contribution in [0.3, 0.4) is 0 Å². The number of hydrogen-bond donors (Lipinski definition) is 0. The molecule has 0 saturated heterocycles. The van der Waals surface area contributed by atoms with Gasteiger partial charge in [0.2, 0.25) is 5.89 Å². The molecule has 0 N–H and O–H groups in total. The summed E-state index contributed by atoms with van der Waals surface area (Å²) in [7, 11) is 2.16. The number of hydrogen-bond acceptors (Lipinski definition) is 5. The highest BCUT2D eigenvalue weighted by Crippen LogP contribution is 2.29. The SMILES string of the molecule is Cc1cc(-c2nnc(CN(C)[C@@H]3CCCC[C@H]3C)o2)c(C)o1. The van der Waals surface area contributed by atoms with E-state index >= 15 is 0 Å². The zero-order chi connectivity index (χ0) is 15.7. The van der Waals surface area contributed by atoms with E-state index in [0.717, 1.165) is 23.0 Å². The molecule has 2 aromatic rings.